The van der Waals surface area contributed by atoms with Gasteiger partial charge in [0.1, 0.15) is 18.2 Å². The molecule has 11 atom stereocenters. The van der Waals surface area contributed by atoms with Crippen LogP contribution in [0.3, 0.4) is 0 Å². The van der Waals surface area contributed by atoms with Gasteiger partial charge < -0.3 is 34.1 Å². The van der Waals surface area contributed by atoms with Gasteiger partial charge in [0.15, 0.2) is 5.78 Å². The monoisotopic (exact) mass is 705 g/mol. The zero-order valence-corrected chi connectivity index (χ0v) is 32.0. The smallest absolute Gasteiger partial charge is 0.329 e. The second kappa shape index (κ2) is 18.4. The first kappa shape index (κ1) is 42.0. The van der Waals surface area contributed by atoms with Crippen LogP contribution in [0.1, 0.15) is 107 Å². The Bertz CT molecular complexity index is 1260. The predicted octanol–water partition coefficient (Wildman–Crippen LogP) is 4.95. The lowest BCUT2D eigenvalue weighted by molar-refractivity contribution is -0.302. The van der Waals surface area contributed by atoms with Gasteiger partial charge in [-0.1, -0.05) is 60.6 Å². The van der Waals surface area contributed by atoms with Crippen LogP contribution in [0.15, 0.2) is 23.3 Å². The van der Waals surface area contributed by atoms with Crippen molar-refractivity contribution in [1.29, 1.82) is 0 Å². The quantitative estimate of drug-likeness (QED) is 0.229. The van der Waals surface area contributed by atoms with E-state index in [4.69, 9.17) is 18.9 Å². The summed E-state index contributed by atoms with van der Waals surface area (Å²) in [7, 11) is 3.08. The van der Waals surface area contributed by atoms with Crippen LogP contribution in [0.25, 0.3) is 0 Å². The van der Waals surface area contributed by atoms with Crippen molar-refractivity contribution in [2.45, 2.75) is 149 Å². The van der Waals surface area contributed by atoms with E-state index in [1.165, 1.54) is 19.1 Å². The molecule has 11 unspecified atom stereocenters. The van der Waals surface area contributed by atoms with Crippen LogP contribution in [-0.2, 0) is 38.1 Å². The lowest BCUT2D eigenvalue weighted by Gasteiger charge is -2.47. The number of methoxy groups -OCH3 is 2. The molecule has 2 fully saturated rings. The molecular formula is C39H63NO10. The Morgan fingerprint density at radius 2 is 1.68 bits per heavy atom. The Balaban J connectivity index is 2.12. The first-order valence-electron chi connectivity index (χ1n) is 18.6. The summed E-state index contributed by atoms with van der Waals surface area (Å²) >= 11 is 0. The van der Waals surface area contributed by atoms with E-state index in [1.54, 1.807) is 13.8 Å². The minimum atomic E-state index is -2.47. The van der Waals surface area contributed by atoms with Crippen molar-refractivity contribution < 1.29 is 48.3 Å². The summed E-state index contributed by atoms with van der Waals surface area (Å²) < 4.78 is 24.0. The third-order valence-corrected chi connectivity index (χ3v) is 10.9. The number of esters is 1. The summed E-state index contributed by atoms with van der Waals surface area (Å²) in [6.07, 6.45) is 3.26. The summed E-state index contributed by atoms with van der Waals surface area (Å²) in [4.78, 5) is 56.8. The second-order valence-electron chi connectivity index (χ2n) is 15.5. The molecule has 2 bridgehead atoms. The largest absolute Gasteiger partial charge is 0.456 e. The van der Waals surface area contributed by atoms with Gasteiger partial charge in [-0.05, 0) is 80.8 Å². The average molecular weight is 706 g/mol. The number of amides is 1. The van der Waals surface area contributed by atoms with Crippen LogP contribution >= 0.6 is 0 Å². The molecule has 0 aromatic rings. The Hall–Kier alpha value is -2.44. The molecule has 2 N–H and O–H groups in total. The van der Waals surface area contributed by atoms with E-state index in [-0.39, 0.29) is 49.3 Å². The molecule has 0 aromatic heterocycles. The molecule has 3 aliphatic rings. The molecular weight excluding hydrogens is 642 g/mol. The molecule has 11 nitrogen and oxygen atoms in total. The van der Waals surface area contributed by atoms with Crippen molar-refractivity contribution in [2.75, 3.05) is 20.8 Å². The number of rotatable bonds is 5. The average Bonchev–Trinajstić information content (AvgIpc) is 3.07. The van der Waals surface area contributed by atoms with E-state index in [1.807, 2.05) is 46.8 Å². The molecule has 2 saturated heterocycles. The number of piperidine rings is 1. The number of hydrogen-bond acceptors (Lipinski definition) is 10. The third kappa shape index (κ3) is 9.91. The first-order valence-corrected chi connectivity index (χ1v) is 18.6. The van der Waals surface area contributed by atoms with Gasteiger partial charge in [-0.2, -0.15) is 0 Å². The van der Waals surface area contributed by atoms with Gasteiger partial charge in [-0.15, -0.1) is 0 Å². The zero-order chi connectivity index (χ0) is 37.5. The first-order chi connectivity index (χ1) is 23.5. The number of aliphatic hydroxyl groups is 2. The lowest BCUT2D eigenvalue weighted by atomic mass is 9.81. The maximum Gasteiger partial charge on any atom is 0.329 e. The highest BCUT2D eigenvalue weighted by Crippen LogP contribution is 2.39. The third-order valence-electron chi connectivity index (χ3n) is 10.9. The predicted molar refractivity (Wildman–Crippen MR) is 189 cm³/mol. The van der Waals surface area contributed by atoms with E-state index >= 15 is 0 Å². The fourth-order valence-corrected chi connectivity index (χ4v) is 8.03. The molecule has 0 radical (unpaired) electrons. The second-order valence-corrected chi connectivity index (χ2v) is 15.5. The standard InChI is InChI=1S/C39H63NO10/c1-11-28-18-23(4)17-24(5)19-32(47-9)35-33(48-10)20-26(7)39(46,50-35)36(43)37(44)40-15-13-12-14-29(40)38(45)49-34(25(6)16-22(2)3)27(8)30(41)21-31(28)42/h16,18,22-24,26-27,29-30,32-35,41,46H,11-15,17,19-21H2,1-10H3/b25-16?,28-18+. The van der Waals surface area contributed by atoms with Gasteiger partial charge in [0.25, 0.3) is 11.7 Å². The van der Waals surface area contributed by atoms with E-state index in [9.17, 15) is 29.4 Å². The molecule has 50 heavy (non-hydrogen) atoms. The minimum Gasteiger partial charge on any atom is -0.456 e. The Morgan fingerprint density at radius 3 is 2.28 bits per heavy atom. The number of aliphatic hydroxyl groups excluding tert-OH is 1. The zero-order valence-electron chi connectivity index (χ0n) is 32.0. The topological polar surface area (TPSA) is 149 Å². The summed E-state index contributed by atoms with van der Waals surface area (Å²) in [5, 5.41) is 23.3. The summed E-state index contributed by atoms with van der Waals surface area (Å²) in [5.41, 5.74) is 1.35. The number of cyclic esters (lactones) is 1. The molecule has 0 aromatic carbocycles. The number of ketones is 2. The number of nitrogens with zero attached hydrogens (tertiary/aromatic N) is 1. The summed E-state index contributed by atoms with van der Waals surface area (Å²) in [6, 6.07) is -1.08. The van der Waals surface area contributed by atoms with Crippen LogP contribution in [0.5, 0.6) is 0 Å². The molecule has 11 heteroatoms. The van der Waals surface area contributed by atoms with Crippen molar-refractivity contribution >= 4 is 23.4 Å². The molecule has 0 aliphatic carbocycles. The number of hydrogen-bond donors (Lipinski definition) is 2. The van der Waals surface area contributed by atoms with Gasteiger partial charge in [0, 0.05) is 39.0 Å². The molecule has 0 spiro atoms. The number of allylic oxidation sites excluding steroid dienone is 3. The van der Waals surface area contributed by atoms with Gasteiger partial charge in [-0.3, -0.25) is 14.4 Å². The highest BCUT2D eigenvalue weighted by atomic mass is 16.7. The van der Waals surface area contributed by atoms with E-state index in [0.717, 1.165) is 5.57 Å². The molecule has 1 amide bonds. The molecule has 3 rings (SSSR count). The van der Waals surface area contributed by atoms with Crippen LogP contribution in [0.4, 0.5) is 0 Å². The number of Topliss-reactive ketones (excluding diaryl/α,β-unsaturated/α-hetero) is 2. The highest BCUT2D eigenvalue weighted by molar-refractivity contribution is 6.39. The van der Waals surface area contributed by atoms with E-state index in [2.05, 4.69) is 6.92 Å². The van der Waals surface area contributed by atoms with Crippen molar-refractivity contribution in [2.24, 2.45) is 29.6 Å². The molecule has 3 aliphatic heterocycles. The number of carbonyl (C=O) groups excluding carboxylic acids is 4. The van der Waals surface area contributed by atoms with Crippen molar-refractivity contribution in [3.63, 3.8) is 0 Å². The fraction of sp³-hybridized carbons (Fsp3) is 0.795. The van der Waals surface area contributed by atoms with Crippen molar-refractivity contribution in [3.8, 4) is 0 Å². The maximum absolute atomic E-state index is 14.1. The van der Waals surface area contributed by atoms with Gasteiger partial charge in [0.05, 0.1) is 18.3 Å². The Morgan fingerprint density at radius 1 is 1.04 bits per heavy atom. The highest BCUT2D eigenvalue weighted by Gasteiger charge is 2.56. The van der Waals surface area contributed by atoms with Gasteiger partial charge in [-0.25, -0.2) is 4.79 Å². The minimum absolute atomic E-state index is 0.0223. The van der Waals surface area contributed by atoms with Gasteiger partial charge >= 0.3 is 5.97 Å². The molecule has 3 heterocycles. The van der Waals surface area contributed by atoms with E-state index in [0.29, 0.717) is 37.7 Å². The maximum atomic E-state index is 14.1. The number of carbonyl (C=O) groups is 4. The Labute approximate surface area is 299 Å². The van der Waals surface area contributed by atoms with Crippen LogP contribution in [0.2, 0.25) is 0 Å². The normalized spacial score (nSPS) is 38.9. The van der Waals surface area contributed by atoms with Crippen LogP contribution < -0.4 is 0 Å². The van der Waals surface area contributed by atoms with Crippen molar-refractivity contribution in [1.82, 2.24) is 4.90 Å². The SMILES string of the molecule is CC/C1=C\C(C)CC(C)CC(OC)C2OC(O)(C(=O)C(=O)N3CCCCC3C(=O)OC(C(C)=CC(C)C)C(C)C(O)CC1=O)C(C)CC2OC. The van der Waals surface area contributed by atoms with Crippen LogP contribution in [0, 0.1) is 29.6 Å². The van der Waals surface area contributed by atoms with Gasteiger partial charge in [0.2, 0.25) is 5.79 Å². The van der Waals surface area contributed by atoms with E-state index < -0.39 is 71.8 Å². The fourth-order valence-electron chi connectivity index (χ4n) is 8.03. The number of fused-ring (bicyclic) bond motifs is 3. The molecule has 284 valence electrons. The number of ether oxygens (including phenoxy) is 4. The van der Waals surface area contributed by atoms with Crippen LogP contribution in [-0.4, -0.2) is 102 Å². The van der Waals surface area contributed by atoms with Crippen molar-refractivity contribution in [3.05, 3.63) is 23.3 Å². The Kier molecular flexibility index (Phi) is 15.4. The lowest BCUT2D eigenvalue weighted by Crippen LogP contribution is -2.64. The molecule has 0 saturated carbocycles. The summed E-state index contributed by atoms with van der Waals surface area (Å²) in [6.45, 7) is 15.4. The summed E-state index contributed by atoms with van der Waals surface area (Å²) in [5.74, 6) is -6.70.